The molecule has 2 aromatic rings. The summed E-state index contributed by atoms with van der Waals surface area (Å²) in [5.74, 6) is 1.48. The number of aliphatic imine (C=N–C) groups is 1. The molecular weight excluding hydrogens is 280 g/mol. The van der Waals surface area contributed by atoms with Gasteiger partial charge in [0.2, 0.25) is 0 Å². The van der Waals surface area contributed by atoms with Gasteiger partial charge in [-0.25, -0.2) is 4.99 Å². The van der Waals surface area contributed by atoms with Crippen LogP contribution in [0.25, 0.3) is 5.65 Å². The van der Waals surface area contributed by atoms with E-state index in [9.17, 15) is 5.11 Å². The van der Waals surface area contributed by atoms with Crippen molar-refractivity contribution in [2.24, 2.45) is 4.99 Å². The number of hydrogen-bond acceptors (Lipinski definition) is 4. The molecule has 0 aromatic carbocycles. The molecule has 0 saturated heterocycles. The molecule has 0 spiro atoms. The molecule has 2 aromatic heterocycles. The smallest absolute Gasteiger partial charge is 0.191 e. The quantitative estimate of drug-likeness (QED) is 0.559. The summed E-state index contributed by atoms with van der Waals surface area (Å²) >= 11 is 0. The van der Waals surface area contributed by atoms with Crippen molar-refractivity contribution in [2.45, 2.75) is 38.3 Å². The fourth-order valence-electron chi connectivity index (χ4n) is 2.50. The Hall–Kier alpha value is -2.15. The van der Waals surface area contributed by atoms with E-state index in [1.807, 2.05) is 35.7 Å². The molecule has 0 bridgehead atoms. The fourth-order valence-corrected chi connectivity index (χ4v) is 2.50. The molecule has 1 aliphatic rings. The minimum atomic E-state index is -0.572. The standard InChI is InChI=1S/C15H22N6O/c1-2-16-14(18-11-15(22)7-5-8-15)17-10-13-20-19-12-6-3-4-9-21(12)13/h3-4,6,9,22H,2,5,7-8,10-11H2,1H3,(H2,16,17,18). The number of fused-ring (bicyclic) bond motifs is 1. The average molecular weight is 302 g/mol. The van der Waals surface area contributed by atoms with E-state index in [1.165, 1.54) is 0 Å². The van der Waals surface area contributed by atoms with Gasteiger partial charge in [-0.05, 0) is 38.3 Å². The highest BCUT2D eigenvalue weighted by molar-refractivity contribution is 5.79. The van der Waals surface area contributed by atoms with Crippen LogP contribution >= 0.6 is 0 Å². The highest BCUT2D eigenvalue weighted by atomic mass is 16.3. The van der Waals surface area contributed by atoms with Crippen molar-refractivity contribution in [1.29, 1.82) is 0 Å². The zero-order chi connectivity index (χ0) is 15.4. The number of hydrogen-bond donors (Lipinski definition) is 3. The van der Waals surface area contributed by atoms with Gasteiger partial charge in [0.25, 0.3) is 0 Å². The van der Waals surface area contributed by atoms with Crippen LogP contribution < -0.4 is 10.6 Å². The first-order valence-corrected chi connectivity index (χ1v) is 7.73. The maximum Gasteiger partial charge on any atom is 0.191 e. The summed E-state index contributed by atoms with van der Waals surface area (Å²) in [6.07, 6.45) is 4.73. The van der Waals surface area contributed by atoms with Crippen LogP contribution in [0.4, 0.5) is 0 Å². The summed E-state index contributed by atoms with van der Waals surface area (Å²) in [6.45, 7) is 3.74. The second-order valence-corrected chi connectivity index (χ2v) is 5.67. The first kappa shape index (κ1) is 14.8. The van der Waals surface area contributed by atoms with Crippen LogP contribution in [-0.2, 0) is 6.54 Å². The minimum Gasteiger partial charge on any atom is -0.388 e. The molecule has 1 fully saturated rings. The van der Waals surface area contributed by atoms with Gasteiger partial charge < -0.3 is 15.7 Å². The highest BCUT2D eigenvalue weighted by Gasteiger charge is 2.34. The van der Waals surface area contributed by atoms with Gasteiger partial charge in [-0.1, -0.05) is 6.07 Å². The van der Waals surface area contributed by atoms with Crippen molar-refractivity contribution >= 4 is 11.6 Å². The Bertz CT molecular complexity index is 661. The van der Waals surface area contributed by atoms with Gasteiger partial charge >= 0.3 is 0 Å². The average Bonchev–Trinajstić information content (AvgIpc) is 2.91. The van der Waals surface area contributed by atoms with Crippen molar-refractivity contribution in [1.82, 2.24) is 25.2 Å². The van der Waals surface area contributed by atoms with Crippen LogP contribution in [0.5, 0.6) is 0 Å². The predicted molar refractivity (Wildman–Crippen MR) is 84.6 cm³/mol. The summed E-state index contributed by atoms with van der Waals surface area (Å²) in [5.41, 5.74) is 0.243. The molecule has 2 heterocycles. The molecule has 3 N–H and O–H groups in total. The molecule has 0 atom stereocenters. The molecule has 7 nitrogen and oxygen atoms in total. The molecule has 1 saturated carbocycles. The monoisotopic (exact) mass is 302 g/mol. The lowest BCUT2D eigenvalue weighted by atomic mass is 9.80. The van der Waals surface area contributed by atoms with Gasteiger partial charge in [0.05, 0.1) is 5.60 Å². The van der Waals surface area contributed by atoms with Crippen molar-refractivity contribution in [3.8, 4) is 0 Å². The normalized spacial score (nSPS) is 17.3. The van der Waals surface area contributed by atoms with E-state index >= 15 is 0 Å². The van der Waals surface area contributed by atoms with Gasteiger partial charge in [-0.2, -0.15) is 0 Å². The van der Waals surface area contributed by atoms with E-state index in [0.717, 1.165) is 37.3 Å². The van der Waals surface area contributed by atoms with Gasteiger partial charge in [-0.3, -0.25) is 4.40 Å². The molecular formula is C15H22N6O. The third-order valence-electron chi connectivity index (χ3n) is 3.98. The highest BCUT2D eigenvalue weighted by Crippen LogP contribution is 2.30. The van der Waals surface area contributed by atoms with Crippen LogP contribution in [0, 0.1) is 0 Å². The van der Waals surface area contributed by atoms with E-state index in [4.69, 9.17) is 0 Å². The topological polar surface area (TPSA) is 86.8 Å². The molecule has 1 aliphatic carbocycles. The molecule has 3 rings (SSSR count). The molecule has 0 aliphatic heterocycles. The number of guanidine groups is 1. The minimum absolute atomic E-state index is 0.430. The number of pyridine rings is 1. The second kappa shape index (κ2) is 6.31. The number of nitrogens with zero attached hydrogens (tertiary/aromatic N) is 4. The second-order valence-electron chi connectivity index (χ2n) is 5.67. The van der Waals surface area contributed by atoms with Gasteiger partial charge in [0, 0.05) is 19.3 Å². The molecule has 7 heteroatoms. The number of rotatable bonds is 5. The predicted octanol–water partition coefficient (Wildman–Crippen LogP) is 0.699. The largest absolute Gasteiger partial charge is 0.388 e. The SMILES string of the molecule is CCNC(=NCc1nnc2ccccn12)NCC1(O)CCC1. The van der Waals surface area contributed by atoms with Crippen LogP contribution in [0.1, 0.15) is 32.0 Å². The molecule has 22 heavy (non-hydrogen) atoms. The lowest BCUT2D eigenvalue weighted by Gasteiger charge is -2.36. The summed E-state index contributed by atoms with van der Waals surface area (Å²) in [6, 6.07) is 5.79. The van der Waals surface area contributed by atoms with E-state index in [-0.39, 0.29) is 0 Å². The number of nitrogens with one attached hydrogen (secondary N) is 2. The van der Waals surface area contributed by atoms with Gasteiger partial charge in [0.15, 0.2) is 17.4 Å². The Balaban J connectivity index is 1.66. The maximum absolute atomic E-state index is 10.1. The lowest BCUT2D eigenvalue weighted by Crippen LogP contribution is -2.50. The van der Waals surface area contributed by atoms with Crippen molar-refractivity contribution in [3.05, 3.63) is 30.2 Å². The van der Waals surface area contributed by atoms with Crippen LogP contribution in [0.2, 0.25) is 0 Å². The number of aliphatic hydroxyl groups is 1. The summed E-state index contributed by atoms with van der Waals surface area (Å²) in [7, 11) is 0. The fraction of sp³-hybridized carbons (Fsp3) is 0.533. The van der Waals surface area contributed by atoms with Crippen LogP contribution in [0.15, 0.2) is 29.4 Å². The third-order valence-corrected chi connectivity index (χ3v) is 3.98. The first-order valence-electron chi connectivity index (χ1n) is 7.73. The van der Waals surface area contributed by atoms with E-state index in [2.05, 4.69) is 25.8 Å². The Morgan fingerprint density at radius 3 is 2.95 bits per heavy atom. The third kappa shape index (κ3) is 3.19. The Morgan fingerprint density at radius 2 is 2.23 bits per heavy atom. The zero-order valence-electron chi connectivity index (χ0n) is 12.8. The van der Waals surface area contributed by atoms with Crippen LogP contribution in [-0.4, -0.2) is 44.4 Å². The maximum atomic E-state index is 10.1. The van der Waals surface area contributed by atoms with Crippen molar-refractivity contribution < 1.29 is 5.11 Å². The van der Waals surface area contributed by atoms with E-state index in [1.54, 1.807) is 0 Å². The first-order chi connectivity index (χ1) is 10.7. The molecule has 118 valence electrons. The van der Waals surface area contributed by atoms with E-state index < -0.39 is 5.60 Å². The van der Waals surface area contributed by atoms with Gasteiger partial charge in [0.1, 0.15) is 6.54 Å². The van der Waals surface area contributed by atoms with Crippen LogP contribution in [0.3, 0.4) is 0 Å². The Labute approximate surface area is 129 Å². The summed E-state index contributed by atoms with van der Waals surface area (Å²) < 4.78 is 1.92. The molecule has 0 radical (unpaired) electrons. The summed E-state index contributed by atoms with van der Waals surface area (Å²) in [5, 5.41) is 24.8. The number of aromatic nitrogens is 3. The van der Waals surface area contributed by atoms with Gasteiger partial charge in [-0.15, -0.1) is 10.2 Å². The molecule has 0 unspecified atom stereocenters. The molecule has 0 amide bonds. The summed E-state index contributed by atoms with van der Waals surface area (Å²) in [4.78, 5) is 4.53. The zero-order valence-corrected chi connectivity index (χ0v) is 12.8. The lowest BCUT2D eigenvalue weighted by molar-refractivity contribution is -0.0279. The van der Waals surface area contributed by atoms with Crippen molar-refractivity contribution in [2.75, 3.05) is 13.1 Å². The Kier molecular flexibility index (Phi) is 4.24. The Morgan fingerprint density at radius 1 is 1.36 bits per heavy atom. The van der Waals surface area contributed by atoms with E-state index in [0.29, 0.717) is 19.0 Å². The van der Waals surface area contributed by atoms with Crippen molar-refractivity contribution in [3.63, 3.8) is 0 Å².